The number of anilines is 3. The van der Waals surface area contributed by atoms with Crippen LogP contribution in [0.2, 0.25) is 0 Å². The van der Waals surface area contributed by atoms with Crippen molar-refractivity contribution < 1.29 is 4.74 Å². The van der Waals surface area contributed by atoms with Crippen molar-refractivity contribution in [2.45, 2.75) is 33.7 Å². The van der Waals surface area contributed by atoms with Crippen molar-refractivity contribution in [1.82, 2.24) is 9.78 Å². The summed E-state index contributed by atoms with van der Waals surface area (Å²) < 4.78 is 7.42. The van der Waals surface area contributed by atoms with Gasteiger partial charge in [0, 0.05) is 18.3 Å². The summed E-state index contributed by atoms with van der Waals surface area (Å²) in [7, 11) is 0. The van der Waals surface area contributed by atoms with Crippen molar-refractivity contribution >= 4 is 17.2 Å². The summed E-state index contributed by atoms with van der Waals surface area (Å²) in [6, 6.07) is 7.84. The zero-order chi connectivity index (χ0) is 14.5. The van der Waals surface area contributed by atoms with E-state index in [-0.39, 0.29) is 0 Å². The van der Waals surface area contributed by atoms with Gasteiger partial charge in [-0.1, -0.05) is 13.0 Å². The maximum absolute atomic E-state index is 6.10. The van der Waals surface area contributed by atoms with Gasteiger partial charge >= 0.3 is 0 Å². The highest BCUT2D eigenvalue weighted by Crippen LogP contribution is 2.28. The van der Waals surface area contributed by atoms with Crippen LogP contribution in [0.15, 0.2) is 24.3 Å². The van der Waals surface area contributed by atoms with Crippen LogP contribution in [0.1, 0.15) is 26.0 Å². The number of hydrogen-bond donors (Lipinski definition) is 2. The fourth-order valence-corrected chi connectivity index (χ4v) is 2.07. The molecule has 0 unspecified atom stereocenters. The maximum atomic E-state index is 6.10. The Balaban J connectivity index is 2.27. The van der Waals surface area contributed by atoms with Crippen LogP contribution in [-0.2, 0) is 6.54 Å². The second-order valence-corrected chi connectivity index (χ2v) is 4.66. The summed E-state index contributed by atoms with van der Waals surface area (Å²) in [4.78, 5) is 0. The average Bonchev–Trinajstić information content (AvgIpc) is 2.68. The van der Waals surface area contributed by atoms with Crippen molar-refractivity contribution in [2.24, 2.45) is 0 Å². The molecule has 0 saturated heterocycles. The first-order valence-corrected chi connectivity index (χ1v) is 6.98. The van der Waals surface area contributed by atoms with Gasteiger partial charge in [-0.05, 0) is 32.4 Å². The smallest absolute Gasteiger partial charge is 0.152 e. The first kappa shape index (κ1) is 14.2. The third-order valence-corrected chi connectivity index (χ3v) is 3.02. The Kier molecular flexibility index (Phi) is 4.50. The van der Waals surface area contributed by atoms with Crippen molar-refractivity contribution in [3.63, 3.8) is 0 Å². The normalized spacial score (nSPS) is 10.6. The van der Waals surface area contributed by atoms with Crippen molar-refractivity contribution in [3.8, 4) is 5.75 Å². The topological polar surface area (TPSA) is 65.1 Å². The molecule has 0 spiro atoms. The number of nitrogen functional groups attached to an aromatic ring is 1. The molecule has 3 N–H and O–H groups in total. The number of nitrogens with two attached hydrogens (primary N) is 1. The number of hydrogen-bond acceptors (Lipinski definition) is 4. The molecule has 1 aromatic carbocycles. The van der Waals surface area contributed by atoms with Crippen LogP contribution in [0.5, 0.6) is 5.75 Å². The molecule has 2 rings (SSSR count). The Morgan fingerprint density at radius 2 is 2.15 bits per heavy atom. The minimum Gasteiger partial charge on any atom is -0.494 e. The van der Waals surface area contributed by atoms with Crippen LogP contribution >= 0.6 is 0 Å². The highest BCUT2D eigenvalue weighted by atomic mass is 16.5. The fourth-order valence-electron chi connectivity index (χ4n) is 2.07. The van der Waals surface area contributed by atoms with Crippen molar-refractivity contribution in [1.29, 1.82) is 0 Å². The Bertz CT molecular complexity index is 577. The molecule has 5 heteroatoms. The van der Waals surface area contributed by atoms with Crippen LogP contribution in [0.25, 0.3) is 0 Å². The SMILES string of the molecule is CCCn1nc(C)c(N)c1Nc1cccc(OCC)c1. The predicted octanol–water partition coefficient (Wildman–Crippen LogP) is 3.33. The van der Waals surface area contributed by atoms with Crippen LogP contribution in [-0.4, -0.2) is 16.4 Å². The van der Waals surface area contributed by atoms with E-state index in [4.69, 9.17) is 10.5 Å². The molecule has 1 aromatic heterocycles. The number of ether oxygens (including phenoxy) is 1. The molecule has 0 aliphatic heterocycles. The molecule has 0 atom stereocenters. The summed E-state index contributed by atoms with van der Waals surface area (Å²) in [5.74, 6) is 1.69. The van der Waals surface area contributed by atoms with Crippen molar-refractivity contribution in [2.75, 3.05) is 17.7 Å². The van der Waals surface area contributed by atoms with Gasteiger partial charge in [0.2, 0.25) is 0 Å². The molecule has 1 heterocycles. The van der Waals surface area contributed by atoms with E-state index in [0.29, 0.717) is 12.3 Å². The largest absolute Gasteiger partial charge is 0.494 e. The Morgan fingerprint density at radius 1 is 1.35 bits per heavy atom. The van der Waals surface area contributed by atoms with E-state index in [1.165, 1.54) is 0 Å². The lowest BCUT2D eigenvalue weighted by atomic mass is 10.3. The minimum atomic E-state index is 0.651. The molecule has 0 aliphatic carbocycles. The second kappa shape index (κ2) is 6.32. The third-order valence-electron chi connectivity index (χ3n) is 3.02. The number of rotatable bonds is 6. The molecule has 0 saturated carbocycles. The van der Waals surface area contributed by atoms with Gasteiger partial charge in [-0.25, -0.2) is 4.68 Å². The van der Waals surface area contributed by atoms with E-state index in [0.717, 1.165) is 35.9 Å². The van der Waals surface area contributed by atoms with E-state index in [1.807, 2.05) is 42.8 Å². The number of nitrogens with zero attached hydrogens (tertiary/aromatic N) is 2. The van der Waals surface area contributed by atoms with Gasteiger partial charge in [0.15, 0.2) is 5.82 Å². The van der Waals surface area contributed by atoms with Gasteiger partial charge < -0.3 is 15.8 Å². The molecular formula is C15H22N4O. The van der Waals surface area contributed by atoms with Gasteiger partial charge in [0.25, 0.3) is 0 Å². The lowest BCUT2D eigenvalue weighted by Crippen LogP contribution is -2.05. The van der Waals surface area contributed by atoms with E-state index in [9.17, 15) is 0 Å². The van der Waals surface area contributed by atoms with Crippen molar-refractivity contribution in [3.05, 3.63) is 30.0 Å². The molecule has 20 heavy (non-hydrogen) atoms. The number of aromatic nitrogens is 2. The van der Waals surface area contributed by atoms with Crippen LogP contribution in [0.4, 0.5) is 17.2 Å². The van der Waals surface area contributed by atoms with E-state index >= 15 is 0 Å². The monoisotopic (exact) mass is 274 g/mol. The highest BCUT2D eigenvalue weighted by Gasteiger charge is 2.12. The summed E-state index contributed by atoms with van der Waals surface area (Å²) in [5.41, 5.74) is 8.59. The number of benzene rings is 1. The molecule has 2 aromatic rings. The zero-order valence-electron chi connectivity index (χ0n) is 12.3. The van der Waals surface area contributed by atoms with E-state index in [2.05, 4.69) is 17.3 Å². The molecule has 0 fully saturated rings. The zero-order valence-corrected chi connectivity index (χ0v) is 12.3. The predicted molar refractivity (Wildman–Crippen MR) is 82.6 cm³/mol. The fraction of sp³-hybridized carbons (Fsp3) is 0.400. The average molecular weight is 274 g/mol. The van der Waals surface area contributed by atoms with E-state index < -0.39 is 0 Å². The number of aryl methyl sites for hydroxylation is 2. The van der Waals surface area contributed by atoms with Crippen LogP contribution < -0.4 is 15.8 Å². The molecule has 0 radical (unpaired) electrons. The third kappa shape index (κ3) is 3.04. The molecule has 0 aliphatic rings. The van der Waals surface area contributed by atoms with Gasteiger partial charge in [-0.2, -0.15) is 5.10 Å². The van der Waals surface area contributed by atoms with Crippen LogP contribution in [0, 0.1) is 6.92 Å². The molecule has 0 amide bonds. The molecule has 108 valence electrons. The van der Waals surface area contributed by atoms with Crippen LogP contribution in [0.3, 0.4) is 0 Å². The highest BCUT2D eigenvalue weighted by molar-refractivity contribution is 5.71. The lowest BCUT2D eigenvalue weighted by molar-refractivity contribution is 0.340. The van der Waals surface area contributed by atoms with E-state index in [1.54, 1.807) is 0 Å². The Hall–Kier alpha value is -2.17. The minimum absolute atomic E-state index is 0.651. The molecule has 5 nitrogen and oxygen atoms in total. The van der Waals surface area contributed by atoms with Gasteiger partial charge in [0.05, 0.1) is 18.0 Å². The van der Waals surface area contributed by atoms with Gasteiger partial charge in [-0.3, -0.25) is 0 Å². The second-order valence-electron chi connectivity index (χ2n) is 4.66. The lowest BCUT2D eigenvalue weighted by Gasteiger charge is -2.11. The summed E-state index contributed by atoms with van der Waals surface area (Å²) >= 11 is 0. The maximum Gasteiger partial charge on any atom is 0.152 e. The van der Waals surface area contributed by atoms with Gasteiger partial charge in [0.1, 0.15) is 5.75 Å². The summed E-state index contributed by atoms with van der Waals surface area (Å²) in [5, 5.41) is 7.79. The molecular weight excluding hydrogens is 252 g/mol. The first-order valence-electron chi connectivity index (χ1n) is 6.98. The summed E-state index contributed by atoms with van der Waals surface area (Å²) in [6.07, 6.45) is 1.01. The summed E-state index contributed by atoms with van der Waals surface area (Å²) in [6.45, 7) is 7.50. The standard InChI is InChI=1S/C15H22N4O/c1-4-9-19-15(14(16)11(3)18-19)17-12-7-6-8-13(10-12)20-5-2/h6-8,10,17H,4-5,9,16H2,1-3H3. The number of nitrogens with one attached hydrogen (secondary N) is 1. The Morgan fingerprint density at radius 3 is 2.85 bits per heavy atom. The quantitative estimate of drug-likeness (QED) is 0.848. The first-order chi connectivity index (χ1) is 9.65. The van der Waals surface area contributed by atoms with Gasteiger partial charge in [-0.15, -0.1) is 0 Å². The molecule has 0 bridgehead atoms. The Labute approximate surface area is 119 Å².